The van der Waals surface area contributed by atoms with Crippen molar-refractivity contribution in [2.24, 2.45) is 0 Å². The summed E-state index contributed by atoms with van der Waals surface area (Å²) in [7, 11) is 1.59. The number of ether oxygens (including phenoxy) is 1. The highest BCUT2D eigenvalue weighted by Gasteiger charge is 2.29. The number of hydrogen-bond acceptors (Lipinski definition) is 3. The van der Waals surface area contributed by atoms with Crippen LogP contribution in [0.1, 0.15) is 50.9 Å². The van der Waals surface area contributed by atoms with E-state index in [1.165, 1.54) is 5.69 Å². The van der Waals surface area contributed by atoms with Gasteiger partial charge in [-0.3, -0.25) is 4.68 Å². The minimum atomic E-state index is -0.231. The van der Waals surface area contributed by atoms with Crippen molar-refractivity contribution in [2.75, 3.05) is 12.4 Å². The number of hydrogen-bond donors (Lipinski definition) is 2. The number of methoxy groups -OCH3 is 1. The van der Waals surface area contributed by atoms with Crippen molar-refractivity contribution in [3.05, 3.63) is 41.7 Å². The molecule has 1 unspecified atom stereocenters. The highest BCUT2D eigenvalue weighted by Crippen LogP contribution is 2.32. The average molecular weight is 342 g/mol. The molecule has 0 aliphatic heterocycles. The first-order valence-corrected chi connectivity index (χ1v) is 8.68. The quantitative estimate of drug-likeness (QED) is 0.890. The number of amides is 2. The summed E-state index contributed by atoms with van der Waals surface area (Å²) < 4.78 is 7.36. The zero-order valence-electron chi connectivity index (χ0n) is 15.3. The van der Waals surface area contributed by atoms with Gasteiger partial charge in [-0.15, -0.1) is 0 Å². The van der Waals surface area contributed by atoms with Crippen LogP contribution in [0, 0.1) is 0 Å². The topological polar surface area (TPSA) is 68.2 Å². The predicted molar refractivity (Wildman–Crippen MR) is 98.1 cm³/mol. The van der Waals surface area contributed by atoms with Gasteiger partial charge >= 0.3 is 6.03 Å². The molecule has 134 valence electrons. The van der Waals surface area contributed by atoms with E-state index >= 15 is 0 Å². The Morgan fingerprint density at radius 1 is 1.32 bits per heavy atom. The molecule has 1 aliphatic rings. The van der Waals surface area contributed by atoms with E-state index in [0.717, 1.165) is 24.8 Å². The zero-order chi connectivity index (χ0) is 18.0. The maximum Gasteiger partial charge on any atom is 0.319 e. The number of nitrogens with zero attached hydrogens (tertiary/aromatic N) is 2. The summed E-state index contributed by atoms with van der Waals surface area (Å²) in [5.74, 6) is 0.641. The lowest BCUT2D eigenvalue weighted by atomic mass is 9.92. The van der Waals surface area contributed by atoms with Gasteiger partial charge in [-0.2, -0.15) is 5.10 Å². The summed E-state index contributed by atoms with van der Waals surface area (Å²) in [5.41, 5.74) is 2.94. The Labute approximate surface area is 148 Å². The van der Waals surface area contributed by atoms with E-state index in [2.05, 4.69) is 41.2 Å². The molecule has 1 heterocycles. The molecule has 0 spiro atoms. The van der Waals surface area contributed by atoms with Crippen LogP contribution in [-0.2, 0) is 12.0 Å². The van der Waals surface area contributed by atoms with Crippen molar-refractivity contribution in [2.45, 2.75) is 51.6 Å². The van der Waals surface area contributed by atoms with Gasteiger partial charge in [-0.25, -0.2) is 4.79 Å². The lowest BCUT2D eigenvalue weighted by Gasteiger charge is -2.28. The molecule has 0 radical (unpaired) electrons. The molecular formula is C19H26N4O2. The van der Waals surface area contributed by atoms with Gasteiger partial charge in [0.1, 0.15) is 5.75 Å². The first kappa shape index (κ1) is 17.3. The summed E-state index contributed by atoms with van der Waals surface area (Å²) >= 11 is 0. The molecule has 0 saturated heterocycles. The number of aromatic nitrogens is 2. The lowest BCUT2D eigenvalue weighted by molar-refractivity contribution is 0.246. The Balaban J connectivity index is 1.75. The summed E-state index contributed by atoms with van der Waals surface area (Å²) in [6, 6.07) is 7.13. The highest BCUT2D eigenvalue weighted by molar-refractivity contribution is 5.91. The molecule has 1 aromatic carbocycles. The maximum absolute atomic E-state index is 12.5. The Kier molecular flexibility index (Phi) is 4.70. The molecule has 1 aromatic heterocycles. The SMILES string of the molecule is COc1ccccc1NC(=O)NC1CCCc2c1cnn2C(C)(C)C. The van der Waals surface area contributed by atoms with Gasteiger partial charge in [-0.1, -0.05) is 12.1 Å². The number of para-hydroxylation sites is 2. The Bertz CT molecular complexity index is 761. The fourth-order valence-corrected chi connectivity index (χ4v) is 3.35. The number of fused-ring (bicyclic) bond motifs is 1. The number of rotatable bonds is 3. The van der Waals surface area contributed by atoms with Crippen molar-refractivity contribution in [1.82, 2.24) is 15.1 Å². The van der Waals surface area contributed by atoms with Gasteiger partial charge in [0, 0.05) is 11.3 Å². The van der Waals surface area contributed by atoms with Crippen LogP contribution in [0.4, 0.5) is 10.5 Å². The van der Waals surface area contributed by atoms with E-state index in [-0.39, 0.29) is 17.6 Å². The average Bonchev–Trinajstić information content (AvgIpc) is 3.00. The Hall–Kier alpha value is -2.50. The largest absolute Gasteiger partial charge is 0.495 e. The van der Waals surface area contributed by atoms with E-state index < -0.39 is 0 Å². The van der Waals surface area contributed by atoms with Crippen molar-refractivity contribution in [3.8, 4) is 5.75 Å². The molecule has 2 amide bonds. The molecule has 1 aliphatic carbocycles. The highest BCUT2D eigenvalue weighted by atomic mass is 16.5. The molecule has 2 N–H and O–H groups in total. The third-order valence-electron chi connectivity index (χ3n) is 4.48. The predicted octanol–water partition coefficient (Wildman–Crippen LogP) is 3.85. The summed E-state index contributed by atoms with van der Waals surface area (Å²) in [5, 5.41) is 10.5. The number of carbonyl (C=O) groups excluding carboxylic acids is 1. The maximum atomic E-state index is 12.5. The van der Waals surface area contributed by atoms with Crippen LogP contribution in [0.2, 0.25) is 0 Å². The number of nitrogens with one attached hydrogen (secondary N) is 2. The fraction of sp³-hybridized carbons (Fsp3) is 0.474. The van der Waals surface area contributed by atoms with Gasteiger partial charge < -0.3 is 15.4 Å². The second kappa shape index (κ2) is 6.78. The van der Waals surface area contributed by atoms with E-state index in [1.807, 2.05) is 30.5 Å². The second-order valence-corrected chi connectivity index (χ2v) is 7.37. The van der Waals surface area contributed by atoms with Gasteiger partial charge in [0.2, 0.25) is 0 Å². The Morgan fingerprint density at radius 3 is 2.80 bits per heavy atom. The standard InChI is InChI=1S/C19H26N4O2/c1-19(2,3)23-16-10-7-9-14(13(16)12-20-23)21-18(24)22-15-8-5-6-11-17(15)25-4/h5-6,8,11-12,14H,7,9-10H2,1-4H3,(H2,21,22,24). The molecular weight excluding hydrogens is 316 g/mol. The van der Waals surface area contributed by atoms with E-state index in [1.54, 1.807) is 7.11 Å². The van der Waals surface area contributed by atoms with Gasteiger partial charge in [0.15, 0.2) is 0 Å². The van der Waals surface area contributed by atoms with Gasteiger partial charge in [0.25, 0.3) is 0 Å². The number of anilines is 1. The number of urea groups is 1. The van der Waals surface area contributed by atoms with Crippen molar-refractivity contribution in [3.63, 3.8) is 0 Å². The first-order chi connectivity index (χ1) is 11.9. The number of carbonyl (C=O) groups is 1. The molecule has 3 rings (SSSR count). The summed E-state index contributed by atoms with van der Waals surface area (Å²) in [6.07, 6.45) is 4.85. The van der Waals surface area contributed by atoms with Crippen molar-refractivity contribution >= 4 is 11.7 Å². The molecule has 0 bridgehead atoms. The van der Waals surface area contributed by atoms with E-state index in [9.17, 15) is 4.79 Å². The van der Waals surface area contributed by atoms with Crippen LogP contribution in [0.3, 0.4) is 0 Å². The van der Waals surface area contributed by atoms with Crippen LogP contribution in [0.25, 0.3) is 0 Å². The van der Waals surface area contributed by atoms with Crippen LogP contribution in [0.5, 0.6) is 5.75 Å². The molecule has 25 heavy (non-hydrogen) atoms. The van der Waals surface area contributed by atoms with Crippen LogP contribution >= 0.6 is 0 Å². The van der Waals surface area contributed by atoms with Crippen LogP contribution in [-0.4, -0.2) is 22.9 Å². The van der Waals surface area contributed by atoms with Crippen molar-refractivity contribution < 1.29 is 9.53 Å². The molecule has 1 atom stereocenters. The van der Waals surface area contributed by atoms with Crippen molar-refractivity contribution in [1.29, 1.82) is 0 Å². The van der Waals surface area contributed by atoms with Crippen LogP contribution < -0.4 is 15.4 Å². The minimum absolute atomic E-state index is 0.0189. The Morgan fingerprint density at radius 2 is 2.08 bits per heavy atom. The summed E-state index contributed by atoms with van der Waals surface area (Å²) in [4.78, 5) is 12.5. The van der Waals surface area contributed by atoms with Gasteiger partial charge in [-0.05, 0) is 52.2 Å². The molecule has 2 aromatic rings. The third kappa shape index (κ3) is 3.62. The zero-order valence-corrected chi connectivity index (χ0v) is 15.3. The fourth-order valence-electron chi connectivity index (χ4n) is 3.35. The van der Waals surface area contributed by atoms with Crippen LogP contribution in [0.15, 0.2) is 30.5 Å². The molecule has 0 saturated carbocycles. The summed E-state index contributed by atoms with van der Waals surface area (Å²) in [6.45, 7) is 6.43. The molecule has 0 fully saturated rings. The molecule has 6 nitrogen and oxygen atoms in total. The molecule has 6 heteroatoms. The second-order valence-electron chi connectivity index (χ2n) is 7.37. The van der Waals surface area contributed by atoms with E-state index in [4.69, 9.17) is 4.74 Å². The lowest BCUT2D eigenvalue weighted by Crippen LogP contribution is -2.35. The van der Waals surface area contributed by atoms with E-state index in [0.29, 0.717) is 11.4 Å². The van der Waals surface area contributed by atoms with Gasteiger partial charge in [0.05, 0.1) is 30.6 Å². The number of benzene rings is 1. The smallest absolute Gasteiger partial charge is 0.319 e. The third-order valence-corrected chi connectivity index (χ3v) is 4.48. The minimum Gasteiger partial charge on any atom is -0.495 e. The monoisotopic (exact) mass is 342 g/mol. The normalized spacial score (nSPS) is 16.9. The first-order valence-electron chi connectivity index (χ1n) is 8.68.